The SMILES string of the molecule is CC(N)CCC(=O)N(C1CCC(C)CC1)C1CC1. The molecule has 2 aliphatic rings. The molecule has 2 saturated carbocycles. The number of nitrogens with zero attached hydrogens (tertiary/aromatic N) is 1. The zero-order chi connectivity index (χ0) is 13.1. The molecule has 104 valence electrons. The minimum Gasteiger partial charge on any atom is -0.337 e. The van der Waals surface area contributed by atoms with Crippen molar-refractivity contribution in [3.63, 3.8) is 0 Å². The van der Waals surface area contributed by atoms with E-state index in [0.717, 1.165) is 12.3 Å². The van der Waals surface area contributed by atoms with Gasteiger partial charge in [0.1, 0.15) is 0 Å². The van der Waals surface area contributed by atoms with Crippen LogP contribution in [0.25, 0.3) is 0 Å². The predicted molar refractivity (Wildman–Crippen MR) is 74.2 cm³/mol. The molecule has 1 atom stereocenters. The monoisotopic (exact) mass is 252 g/mol. The first-order chi connectivity index (χ1) is 8.58. The van der Waals surface area contributed by atoms with Gasteiger partial charge in [-0.15, -0.1) is 0 Å². The van der Waals surface area contributed by atoms with Crippen LogP contribution < -0.4 is 5.73 Å². The summed E-state index contributed by atoms with van der Waals surface area (Å²) >= 11 is 0. The van der Waals surface area contributed by atoms with Crippen molar-refractivity contribution in [2.75, 3.05) is 0 Å². The zero-order valence-corrected chi connectivity index (χ0v) is 11.9. The van der Waals surface area contributed by atoms with Gasteiger partial charge < -0.3 is 10.6 Å². The van der Waals surface area contributed by atoms with Gasteiger partial charge in [0.05, 0.1) is 0 Å². The predicted octanol–water partition coefficient (Wildman–Crippen LogP) is 2.68. The van der Waals surface area contributed by atoms with E-state index in [1.807, 2.05) is 6.92 Å². The van der Waals surface area contributed by atoms with E-state index in [2.05, 4.69) is 11.8 Å². The Kier molecular flexibility index (Phi) is 4.66. The van der Waals surface area contributed by atoms with Gasteiger partial charge in [-0.2, -0.15) is 0 Å². The van der Waals surface area contributed by atoms with E-state index in [9.17, 15) is 4.79 Å². The van der Waals surface area contributed by atoms with Gasteiger partial charge in [0.15, 0.2) is 0 Å². The fourth-order valence-corrected chi connectivity index (χ4v) is 3.06. The lowest BCUT2D eigenvalue weighted by molar-refractivity contribution is -0.135. The molecule has 2 aliphatic carbocycles. The van der Waals surface area contributed by atoms with Crippen LogP contribution in [-0.2, 0) is 4.79 Å². The van der Waals surface area contributed by atoms with Gasteiger partial charge in [0.25, 0.3) is 0 Å². The molecule has 1 unspecified atom stereocenters. The summed E-state index contributed by atoms with van der Waals surface area (Å²) in [5.74, 6) is 1.20. The van der Waals surface area contributed by atoms with Crippen molar-refractivity contribution in [1.82, 2.24) is 4.90 Å². The van der Waals surface area contributed by atoms with Gasteiger partial charge in [-0.05, 0) is 57.8 Å². The third kappa shape index (κ3) is 3.71. The molecule has 0 spiro atoms. The Morgan fingerprint density at radius 2 is 1.67 bits per heavy atom. The Labute approximate surface area is 111 Å². The van der Waals surface area contributed by atoms with Gasteiger partial charge in [-0.1, -0.05) is 6.92 Å². The highest BCUT2D eigenvalue weighted by atomic mass is 16.2. The summed E-state index contributed by atoms with van der Waals surface area (Å²) in [6.07, 6.45) is 8.89. The van der Waals surface area contributed by atoms with Crippen LogP contribution in [0.15, 0.2) is 0 Å². The quantitative estimate of drug-likeness (QED) is 0.817. The first kappa shape index (κ1) is 13.9. The highest BCUT2D eigenvalue weighted by Crippen LogP contribution is 2.35. The van der Waals surface area contributed by atoms with Crippen molar-refractivity contribution in [3.05, 3.63) is 0 Å². The first-order valence-corrected chi connectivity index (χ1v) is 7.64. The summed E-state index contributed by atoms with van der Waals surface area (Å²) in [4.78, 5) is 14.6. The lowest BCUT2D eigenvalue weighted by Crippen LogP contribution is -2.44. The van der Waals surface area contributed by atoms with Gasteiger partial charge in [0.2, 0.25) is 5.91 Å². The molecule has 0 aromatic heterocycles. The molecule has 3 nitrogen and oxygen atoms in total. The van der Waals surface area contributed by atoms with Crippen LogP contribution in [0.5, 0.6) is 0 Å². The summed E-state index contributed by atoms with van der Waals surface area (Å²) in [5.41, 5.74) is 5.76. The summed E-state index contributed by atoms with van der Waals surface area (Å²) in [5, 5.41) is 0. The number of hydrogen-bond donors (Lipinski definition) is 1. The van der Waals surface area contributed by atoms with E-state index in [0.29, 0.717) is 24.4 Å². The van der Waals surface area contributed by atoms with E-state index < -0.39 is 0 Å². The molecule has 0 bridgehead atoms. The topological polar surface area (TPSA) is 46.3 Å². The van der Waals surface area contributed by atoms with Crippen LogP contribution in [0.2, 0.25) is 0 Å². The second-order valence-corrected chi connectivity index (χ2v) is 6.46. The number of amides is 1. The Balaban J connectivity index is 1.89. The van der Waals surface area contributed by atoms with Gasteiger partial charge in [-0.25, -0.2) is 0 Å². The molecule has 2 rings (SSSR count). The first-order valence-electron chi connectivity index (χ1n) is 7.64. The number of carbonyl (C=O) groups excluding carboxylic acids is 1. The van der Waals surface area contributed by atoms with E-state index in [1.54, 1.807) is 0 Å². The zero-order valence-electron chi connectivity index (χ0n) is 11.9. The Hall–Kier alpha value is -0.570. The van der Waals surface area contributed by atoms with Crippen LogP contribution in [0.3, 0.4) is 0 Å². The molecule has 0 aliphatic heterocycles. The second kappa shape index (κ2) is 6.05. The summed E-state index contributed by atoms with van der Waals surface area (Å²) < 4.78 is 0. The van der Waals surface area contributed by atoms with E-state index in [-0.39, 0.29) is 6.04 Å². The maximum Gasteiger partial charge on any atom is 0.223 e. The van der Waals surface area contributed by atoms with Crippen molar-refractivity contribution in [2.24, 2.45) is 11.7 Å². The van der Waals surface area contributed by atoms with Crippen molar-refractivity contribution in [2.45, 2.75) is 83.3 Å². The largest absolute Gasteiger partial charge is 0.337 e. The third-order valence-electron chi connectivity index (χ3n) is 4.42. The molecular formula is C15H28N2O. The van der Waals surface area contributed by atoms with Crippen molar-refractivity contribution >= 4 is 5.91 Å². The van der Waals surface area contributed by atoms with Crippen molar-refractivity contribution in [1.29, 1.82) is 0 Å². The van der Waals surface area contributed by atoms with Gasteiger partial charge in [0, 0.05) is 24.5 Å². The average molecular weight is 252 g/mol. The van der Waals surface area contributed by atoms with E-state index >= 15 is 0 Å². The normalized spacial score (nSPS) is 29.9. The number of carbonyl (C=O) groups is 1. The number of rotatable bonds is 5. The van der Waals surface area contributed by atoms with Crippen LogP contribution in [0.4, 0.5) is 0 Å². The Morgan fingerprint density at radius 1 is 1.17 bits per heavy atom. The van der Waals surface area contributed by atoms with Crippen LogP contribution >= 0.6 is 0 Å². The molecular weight excluding hydrogens is 224 g/mol. The summed E-state index contributed by atoms with van der Waals surface area (Å²) in [6.45, 7) is 4.31. The van der Waals surface area contributed by atoms with Crippen molar-refractivity contribution in [3.8, 4) is 0 Å². The third-order valence-corrected chi connectivity index (χ3v) is 4.42. The Bertz CT molecular complexity index is 278. The smallest absolute Gasteiger partial charge is 0.223 e. The minimum absolute atomic E-state index is 0.140. The Morgan fingerprint density at radius 3 is 2.11 bits per heavy atom. The molecule has 0 aromatic carbocycles. The van der Waals surface area contributed by atoms with Gasteiger partial charge in [-0.3, -0.25) is 4.79 Å². The highest BCUT2D eigenvalue weighted by Gasteiger charge is 2.37. The maximum absolute atomic E-state index is 12.4. The molecule has 3 heteroatoms. The van der Waals surface area contributed by atoms with Crippen LogP contribution in [0.1, 0.15) is 65.2 Å². The van der Waals surface area contributed by atoms with Crippen LogP contribution in [-0.4, -0.2) is 28.9 Å². The molecule has 0 radical (unpaired) electrons. The standard InChI is InChI=1S/C15H28N2O/c1-11-3-6-13(7-4-11)17(14-8-9-14)15(18)10-5-12(2)16/h11-14H,3-10,16H2,1-2H3. The molecule has 0 heterocycles. The number of nitrogens with two attached hydrogens (primary N) is 1. The summed E-state index contributed by atoms with van der Waals surface area (Å²) in [7, 11) is 0. The lowest BCUT2D eigenvalue weighted by Gasteiger charge is -2.36. The van der Waals surface area contributed by atoms with E-state index in [1.165, 1.54) is 38.5 Å². The molecule has 18 heavy (non-hydrogen) atoms. The average Bonchev–Trinajstić information content (AvgIpc) is 3.14. The molecule has 1 amide bonds. The molecule has 0 aromatic rings. The minimum atomic E-state index is 0.140. The van der Waals surface area contributed by atoms with Gasteiger partial charge >= 0.3 is 0 Å². The maximum atomic E-state index is 12.4. The second-order valence-electron chi connectivity index (χ2n) is 6.46. The molecule has 2 fully saturated rings. The molecule has 2 N–H and O–H groups in total. The van der Waals surface area contributed by atoms with Crippen molar-refractivity contribution < 1.29 is 4.79 Å². The summed E-state index contributed by atoms with van der Waals surface area (Å²) in [6, 6.07) is 1.22. The lowest BCUT2D eigenvalue weighted by atomic mass is 9.86. The molecule has 0 saturated heterocycles. The fourth-order valence-electron chi connectivity index (χ4n) is 3.06. The number of hydrogen-bond acceptors (Lipinski definition) is 2. The van der Waals surface area contributed by atoms with E-state index in [4.69, 9.17) is 5.73 Å². The fraction of sp³-hybridized carbons (Fsp3) is 0.933. The van der Waals surface area contributed by atoms with Crippen LogP contribution in [0, 0.1) is 5.92 Å². The highest BCUT2D eigenvalue weighted by molar-refractivity contribution is 5.77.